The van der Waals surface area contributed by atoms with Crippen molar-refractivity contribution in [2.45, 2.75) is 26.8 Å². The third-order valence-electron chi connectivity index (χ3n) is 4.31. The molecule has 0 fully saturated rings. The first-order chi connectivity index (χ1) is 12.5. The lowest BCUT2D eigenvalue weighted by molar-refractivity contribution is 0.651. The molecule has 1 N–H and O–H groups in total. The van der Waals surface area contributed by atoms with E-state index in [1.165, 1.54) is 11.1 Å². The molecule has 3 rings (SSSR count). The van der Waals surface area contributed by atoms with E-state index in [0.29, 0.717) is 5.82 Å². The fourth-order valence-electron chi connectivity index (χ4n) is 2.83. The lowest BCUT2D eigenvalue weighted by Crippen LogP contribution is -2.16. The zero-order valence-electron chi connectivity index (χ0n) is 15.5. The van der Waals surface area contributed by atoms with Crippen molar-refractivity contribution in [1.82, 2.24) is 14.9 Å². The smallest absolute Gasteiger partial charge is 0.119 e. The van der Waals surface area contributed by atoms with Crippen molar-refractivity contribution < 1.29 is 0 Å². The van der Waals surface area contributed by atoms with Crippen LogP contribution in [0.25, 0.3) is 16.7 Å². The summed E-state index contributed by atoms with van der Waals surface area (Å²) in [6.07, 6.45) is 5.57. The first-order valence-corrected chi connectivity index (χ1v) is 8.70. The molecule has 0 radical (unpaired) electrons. The lowest BCUT2D eigenvalue weighted by Gasteiger charge is -2.14. The Balaban J connectivity index is 1.67. The van der Waals surface area contributed by atoms with Gasteiger partial charge in [0.25, 0.3) is 0 Å². The Bertz CT molecular complexity index is 964. The Morgan fingerprint density at radius 3 is 2.77 bits per heavy atom. The van der Waals surface area contributed by atoms with Gasteiger partial charge in [0.1, 0.15) is 12.1 Å². The topological polar surface area (TPSA) is 42.2 Å². The van der Waals surface area contributed by atoms with Gasteiger partial charge in [-0.1, -0.05) is 43.0 Å². The van der Waals surface area contributed by atoms with Crippen molar-refractivity contribution in [2.75, 3.05) is 0 Å². The second-order valence-corrected chi connectivity index (χ2v) is 6.42. The molecule has 0 amide bonds. The molecule has 0 spiro atoms. The van der Waals surface area contributed by atoms with Gasteiger partial charge in [-0.2, -0.15) is 0 Å². The molecule has 0 saturated carbocycles. The molecule has 0 bridgehead atoms. The van der Waals surface area contributed by atoms with Crippen molar-refractivity contribution >= 4 is 22.9 Å². The lowest BCUT2D eigenvalue weighted by atomic mass is 10.1. The van der Waals surface area contributed by atoms with E-state index in [0.717, 1.165) is 16.7 Å². The van der Waals surface area contributed by atoms with E-state index in [4.69, 9.17) is 0 Å². The summed E-state index contributed by atoms with van der Waals surface area (Å²) in [6, 6.07) is 16.7. The number of hydrogen-bond donors (Lipinski definition) is 1. The normalized spacial score (nSPS) is 13.3. The molecule has 0 saturated heterocycles. The van der Waals surface area contributed by atoms with E-state index in [1.807, 2.05) is 37.5 Å². The van der Waals surface area contributed by atoms with E-state index in [1.54, 1.807) is 6.21 Å². The highest BCUT2D eigenvalue weighted by atomic mass is 15.1. The molecule has 1 heterocycles. The maximum Gasteiger partial charge on any atom is 0.119 e. The van der Waals surface area contributed by atoms with Crippen LogP contribution >= 0.6 is 0 Å². The molecular weight excluding hydrogens is 320 g/mol. The molecule has 132 valence electrons. The summed E-state index contributed by atoms with van der Waals surface area (Å²) in [7, 11) is 0. The average molecular weight is 344 g/mol. The highest BCUT2D eigenvalue weighted by molar-refractivity contribution is 5.84. The molecule has 1 atom stereocenters. The summed E-state index contributed by atoms with van der Waals surface area (Å²) < 4.78 is 2.06. The summed E-state index contributed by atoms with van der Waals surface area (Å²) in [5.41, 5.74) is 5.55. The predicted octanol–water partition coefficient (Wildman–Crippen LogP) is 5.10. The number of aryl methyl sites for hydroxylation is 1. The number of benzene rings is 2. The number of aliphatic imine (C=N–C) groups is 1. The second kappa shape index (κ2) is 7.83. The molecule has 0 unspecified atom stereocenters. The zero-order valence-corrected chi connectivity index (χ0v) is 15.5. The van der Waals surface area contributed by atoms with Gasteiger partial charge in [-0.3, -0.25) is 0 Å². The molecule has 26 heavy (non-hydrogen) atoms. The fraction of sp³-hybridized carbons (Fsp3) is 0.182. The molecule has 0 aliphatic heterocycles. The molecule has 3 aromatic rings. The number of fused-ring (bicyclic) bond motifs is 1. The van der Waals surface area contributed by atoms with Gasteiger partial charge in [-0.15, -0.1) is 0 Å². The van der Waals surface area contributed by atoms with Crippen LogP contribution in [0.2, 0.25) is 0 Å². The number of allylic oxidation sites excluding steroid dienone is 2. The van der Waals surface area contributed by atoms with E-state index >= 15 is 0 Å². The van der Waals surface area contributed by atoms with E-state index < -0.39 is 0 Å². The fourth-order valence-corrected chi connectivity index (χ4v) is 2.83. The maximum atomic E-state index is 4.46. The summed E-state index contributed by atoms with van der Waals surface area (Å²) >= 11 is 0. The molecule has 0 aliphatic rings. The minimum absolute atomic E-state index is 0.159. The Morgan fingerprint density at radius 1 is 1.23 bits per heavy atom. The van der Waals surface area contributed by atoms with Crippen LogP contribution in [0.15, 0.2) is 78.3 Å². The Kier molecular flexibility index (Phi) is 5.32. The van der Waals surface area contributed by atoms with Crippen molar-refractivity contribution in [1.29, 1.82) is 0 Å². The van der Waals surface area contributed by atoms with Gasteiger partial charge in [-0.05, 0) is 50.1 Å². The number of nitrogens with one attached hydrogen (secondary N) is 1. The van der Waals surface area contributed by atoms with Gasteiger partial charge < -0.3 is 9.88 Å². The Hall–Kier alpha value is -3.14. The van der Waals surface area contributed by atoms with Gasteiger partial charge >= 0.3 is 0 Å². The number of imidazole rings is 1. The van der Waals surface area contributed by atoms with Crippen molar-refractivity contribution in [3.8, 4) is 0 Å². The quantitative estimate of drug-likeness (QED) is 0.632. The molecule has 1 aromatic heterocycles. The molecular formula is C22H24N4. The monoisotopic (exact) mass is 344 g/mol. The summed E-state index contributed by atoms with van der Waals surface area (Å²) in [4.78, 5) is 8.86. The summed E-state index contributed by atoms with van der Waals surface area (Å²) in [5.74, 6) is 0.636. The van der Waals surface area contributed by atoms with Crippen LogP contribution in [0, 0.1) is 6.92 Å². The SMILES string of the molecule is C=C(/N=C\C=C(/C)n1cnc2cc(C)ccc21)N[C@@H](C)c1ccccc1. The maximum absolute atomic E-state index is 4.46. The van der Waals surface area contributed by atoms with Crippen LogP contribution < -0.4 is 5.32 Å². The van der Waals surface area contributed by atoms with Crippen molar-refractivity contribution in [3.63, 3.8) is 0 Å². The van der Waals surface area contributed by atoms with Gasteiger partial charge in [0.2, 0.25) is 0 Å². The van der Waals surface area contributed by atoms with Gasteiger partial charge in [0.15, 0.2) is 0 Å². The average Bonchev–Trinajstić information content (AvgIpc) is 3.05. The highest BCUT2D eigenvalue weighted by Crippen LogP contribution is 2.18. The van der Waals surface area contributed by atoms with Crippen molar-refractivity contribution in [2.24, 2.45) is 4.99 Å². The van der Waals surface area contributed by atoms with Crippen LogP contribution in [-0.4, -0.2) is 15.8 Å². The zero-order chi connectivity index (χ0) is 18.5. The minimum atomic E-state index is 0.159. The minimum Gasteiger partial charge on any atom is -0.364 e. The number of hydrogen-bond acceptors (Lipinski definition) is 3. The van der Waals surface area contributed by atoms with Crippen LogP contribution in [0.1, 0.15) is 31.0 Å². The second-order valence-electron chi connectivity index (χ2n) is 6.42. The van der Waals surface area contributed by atoms with Gasteiger partial charge in [-0.25, -0.2) is 9.98 Å². The molecule has 2 aromatic carbocycles. The summed E-state index contributed by atoms with van der Waals surface area (Å²) in [5, 5.41) is 3.30. The van der Waals surface area contributed by atoms with E-state index in [9.17, 15) is 0 Å². The third-order valence-corrected chi connectivity index (χ3v) is 4.31. The number of rotatable bonds is 6. The van der Waals surface area contributed by atoms with E-state index in [2.05, 4.69) is 70.6 Å². The predicted molar refractivity (Wildman–Crippen MR) is 110 cm³/mol. The largest absolute Gasteiger partial charge is 0.364 e. The first kappa shape index (κ1) is 17.7. The standard InChI is InChI=1S/C22H24N4/c1-16-10-11-22-21(14-16)24-15-26(22)17(2)12-13-23-19(4)25-18(3)20-8-6-5-7-9-20/h5-15,18,25H,4H2,1-3H3/b17-12+,23-13-/t18-/m0/s1. The number of nitrogens with zero attached hydrogens (tertiary/aromatic N) is 3. The van der Waals surface area contributed by atoms with Crippen LogP contribution in [0.5, 0.6) is 0 Å². The summed E-state index contributed by atoms with van der Waals surface area (Å²) in [6.45, 7) is 10.2. The number of aromatic nitrogens is 2. The third kappa shape index (κ3) is 4.09. The molecule has 4 nitrogen and oxygen atoms in total. The van der Waals surface area contributed by atoms with Gasteiger partial charge in [0, 0.05) is 18.0 Å². The first-order valence-electron chi connectivity index (χ1n) is 8.70. The van der Waals surface area contributed by atoms with Crippen LogP contribution in [0.4, 0.5) is 0 Å². The molecule has 4 heteroatoms. The van der Waals surface area contributed by atoms with E-state index in [-0.39, 0.29) is 6.04 Å². The molecule has 0 aliphatic carbocycles. The highest BCUT2D eigenvalue weighted by Gasteiger charge is 2.04. The Morgan fingerprint density at radius 2 is 2.00 bits per heavy atom. The van der Waals surface area contributed by atoms with Crippen LogP contribution in [0.3, 0.4) is 0 Å². The Labute approximate surface area is 154 Å². The van der Waals surface area contributed by atoms with Crippen molar-refractivity contribution in [3.05, 3.63) is 84.5 Å². The van der Waals surface area contributed by atoms with Crippen LogP contribution in [-0.2, 0) is 0 Å². The van der Waals surface area contributed by atoms with Gasteiger partial charge in [0.05, 0.1) is 11.0 Å².